The highest BCUT2D eigenvalue weighted by Crippen LogP contribution is 2.45. The molecule has 1 aromatic heterocycles. The quantitative estimate of drug-likeness (QED) is 0.146. The number of fused-ring (bicyclic) bond motifs is 1. The smallest absolute Gasteiger partial charge is 0.418 e. The average Bonchev–Trinajstić information content (AvgIpc) is 3.27. The Morgan fingerprint density at radius 1 is 0.957 bits per heavy atom. The zero-order chi connectivity index (χ0) is 32.7. The van der Waals surface area contributed by atoms with E-state index < -0.39 is 29.4 Å². The summed E-state index contributed by atoms with van der Waals surface area (Å²) in [6.07, 6.45) is 2.29. The first kappa shape index (κ1) is 33.1. The summed E-state index contributed by atoms with van der Waals surface area (Å²) in [7, 11) is 0. The molecule has 2 aromatic carbocycles. The lowest BCUT2D eigenvalue weighted by Crippen LogP contribution is -2.41. The molecule has 2 aliphatic rings. The molecule has 8 nitrogen and oxygen atoms in total. The van der Waals surface area contributed by atoms with Crippen LogP contribution in [0.15, 0.2) is 71.9 Å². The van der Waals surface area contributed by atoms with Crippen molar-refractivity contribution in [3.8, 4) is 5.88 Å². The van der Waals surface area contributed by atoms with Crippen LogP contribution in [-0.2, 0) is 27.7 Å². The van der Waals surface area contributed by atoms with Crippen LogP contribution in [0.4, 0.5) is 23.7 Å². The van der Waals surface area contributed by atoms with E-state index in [1.165, 1.54) is 11.0 Å². The zero-order valence-corrected chi connectivity index (χ0v) is 26.1. The molecule has 0 saturated carbocycles. The molecule has 5 rings (SSSR count). The number of amides is 3. The third-order valence-corrected chi connectivity index (χ3v) is 8.39. The highest BCUT2D eigenvalue weighted by Gasteiger charge is 2.49. The highest BCUT2D eigenvalue weighted by molar-refractivity contribution is 6.07. The second kappa shape index (κ2) is 14.5. The number of aliphatic imine (C=N–C) groups is 1. The second-order valence-electron chi connectivity index (χ2n) is 11.8. The Hall–Kier alpha value is -4.25. The molecule has 3 unspecified atom stereocenters. The first-order valence-corrected chi connectivity index (χ1v) is 15.7. The van der Waals surface area contributed by atoms with Gasteiger partial charge in [-0.25, -0.2) is 9.78 Å². The lowest BCUT2D eigenvalue weighted by Gasteiger charge is -2.30. The van der Waals surface area contributed by atoms with Gasteiger partial charge in [-0.2, -0.15) is 13.2 Å². The number of urea groups is 1. The Bertz CT molecular complexity index is 1530. The van der Waals surface area contributed by atoms with Gasteiger partial charge in [-0.05, 0) is 50.3 Å². The highest BCUT2D eigenvalue weighted by atomic mass is 19.4. The van der Waals surface area contributed by atoms with Gasteiger partial charge in [0.25, 0.3) is 5.91 Å². The van der Waals surface area contributed by atoms with E-state index in [4.69, 9.17) is 9.47 Å². The van der Waals surface area contributed by atoms with Crippen LogP contribution in [0.25, 0.3) is 0 Å². The predicted octanol–water partition coefficient (Wildman–Crippen LogP) is 7.55. The van der Waals surface area contributed by atoms with Crippen LogP contribution in [0, 0.1) is 5.92 Å². The fourth-order valence-electron chi connectivity index (χ4n) is 5.90. The van der Waals surface area contributed by atoms with Gasteiger partial charge in [0, 0.05) is 48.7 Å². The van der Waals surface area contributed by atoms with Crippen molar-refractivity contribution in [2.24, 2.45) is 10.9 Å². The minimum absolute atomic E-state index is 0.0820. The third kappa shape index (κ3) is 7.41. The van der Waals surface area contributed by atoms with E-state index in [-0.39, 0.29) is 24.1 Å². The Labute approximate surface area is 267 Å². The molecule has 1 N–H and O–H groups in total. The first-order chi connectivity index (χ1) is 22.1. The van der Waals surface area contributed by atoms with Gasteiger partial charge in [0.15, 0.2) is 0 Å². The summed E-state index contributed by atoms with van der Waals surface area (Å²) in [4.78, 5) is 35.7. The molecule has 3 amide bonds. The monoisotopic (exact) mass is 636 g/mol. The topological polar surface area (TPSA) is 93.1 Å². The molecule has 11 heteroatoms. The molecule has 0 spiro atoms. The number of para-hydroxylation sites is 1. The normalized spacial score (nSPS) is 20.9. The van der Waals surface area contributed by atoms with E-state index >= 15 is 0 Å². The minimum atomic E-state index is -4.52. The standard InChI is InChI=1S/C35H39F3N4O4/c1-3-19-45-29-17-16-26(23-39-29)34(2)32(43)42(33(44)41-34)18-9-4-5-10-20-46-31-25(21-24-12-7-6-8-13-24)22-40-30-27(31)14-11-15-28(30)35(36,37)38/h6-8,11-17,22-23,25,31H,3-5,9-10,18-21H2,1-2H3,(H,41,44). The number of benzene rings is 2. The molecule has 0 bridgehead atoms. The average molecular weight is 637 g/mol. The lowest BCUT2D eigenvalue weighted by atomic mass is 9.86. The summed E-state index contributed by atoms with van der Waals surface area (Å²) in [5.41, 5.74) is 0.0206. The second-order valence-corrected chi connectivity index (χ2v) is 11.8. The molecule has 1 saturated heterocycles. The predicted molar refractivity (Wildman–Crippen MR) is 168 cm³/mol. The van der Waals surface area contributed by atoms with E-state index in [9.17, 15) is 22.8 Å². The van der Waals surface area contributed by atoms with Crippen LogP contribution in [0.2, 0.25) is 0 Å². The summed E-state index contributed by atoms with van der Waals surface area (Å²) >= 11 is 0. The maximum absolute atomic E-state index is 13.7. The molecule has 2 aliphatic heterocycles. The van der Waals surface area contributed by atoms with Crippen molar-refractivity contribution in [3.05, 3.63) is 89.1 Å². The summed E-state index contributed by atoms with van der Waals surface area (Å²) in [5.74, 6) is -0.0850. The number of nitrogens with one attached hydrogen (secondary N) is 1. The molecule has 0 aliphatic carbocycles. The van der Waals surface area contributed by atoms with Gasteiger partial charge in [-0.15, -0.1) is 0 Å². The minimum Gasteiger partial charge on any atom is -0.478 e. The summed E-state index contributed by atoms with van der Waals surface area (Å²) in [5, 5.41) is 2.80. The van der Waals surface area contributed by atoms with Crippen LogP contribution < -0.4 is 10.1 Å². The molecule has 46 heavy (non-hydrogen) atoms. The van der Waals surface area contributed by atoms with Crippen molar-refractivity contribution in [1.29, 1.82) is 0 Å². The number of rotatable bonds is 14. The van der Waals surface area contributed by atoms with E-state index in [0.717, 1.165) is 30.9 Å². The lowest BCUT2D eigenvalue weighted by molar-refractivity contribution is -0.137. The van der Waals surface area contributed by atoms with Gasteiger partial charge in [0.05, 0.1) is 24.0 Å². The fraction of sp³-hybridized carbons (Fsp3) is 0.429. The molecule has 3 heterocycles. The number of nitrogens with zero attached hydrogens (tertiary/aromatic N) is 3. The number of hydrogen-bond donors (Lipinski definition) is 1. The van der Waals surface area contributed by atoms with Crippen molar-refractivity contribution < 1.29 is 32.2 Å². The number of carbonyl (C=O) groups excluding carboxylic acids is 2. The number of halogens is 3. The number of ether oxygens (including phenoxy) is 2. The molecule has 3 aromatic rings. The maximum Gasteiger partial charge on any atom is 0.418 e. The SMILES string of the molecule is CCCOc1ccc(C2(C)NC(=O)N(CCCCCCOC3c4cccc(C(F)(F)F)c4N=CC3Cc3ccccc3)C2=O)cn1. The van der Waals surface area contributed by atoms with Crippen molar-refractivity contribution in [1.82, 2.24) is 15.2 Å². The van der Waals surface area contributed by atoms with Gasteiger partial charge in [0.2, 0.25) is 5.88 Å². The van der Waals surface area contributed by atoms with Crippen LogP contribution in [0.1, 0.15) is 74.3 Å². The van der Waals surface area contributed by atoms with Gasteiger partial charge in [-0.1, -0.05) is 62.2 Å². The fourth-order valence-corrected chi connectivity index (χ4v) is 5.90. The molecular weight excluding hydrogens is 597 g/mol. The molecule has 1 fully saturated rings. The van der Waals surface area contributed by atoms with Crippen molar-refractivity contribution in [2.45, 2.75) is 70.2 Å². The van der Waals surface area contributed by atoms with Crippen LogP contribution >= 0.6 is 0 Å². The van der Waals surface area contributed by atoms with E-state index in [1.54, 1.807) is 37.5 Å². The van der Waals surface area contributed by atoms with Crippen LogP contribution in [0.3, 0.4) is 0 Å². The molecule has 244 valence electrons. The van der Waals surface area contributed by atoms with Crippen molar-refractivity contribution in [3.63, 3.8) is 0 Å². The Kier molecular flexibility index (Phi) is 10.4. The van der Waals surface area contributed by atoms with Crippen LogP contribution in [-0.4, -0.2) is 47.8 Å². The largest absolute Gasteiger partial charge is 0.478 e. The number of carbonyl (C=O) groups is 2. The summed E-state index contributed by atoms with van der Waals surface area (Å²) in [6.45, 7) is 4.84. The first-order valence-electron chi connectivity index (χ1n) is 15.7. The third-order valence-electron chi connectivity index (χ3n) is 8.39. The number of imide groups is 1. The summed E-state index contributed by atoms with van der Waals surface area (Å²) in [6, 6.07) is 16.9. The number of unbranched alkanes of at least 4 members (excludes halogenated alkanes) is 3. The Morgan fingerprint density at radius 3 is 2.46 bits per heavy atom. The van der Waals surface area contributed by atoms with E-state index in [0.29, 0.717) is 49.5 Å². The zero-order valence-electron chi connectivity index (χ0n) is 26.1. The number of alkyl halides is 3. The van der Waals surface area contributed by atoms with Gasteiger partial charge >= 0.3 is 12.2 Å². The number of pyridine rings is 1. The molecular formula is C35H39F3N4O4. The number of aromatic nitrogens is 1. The van der Waals surface area contributed by atoms with Crippen molar-refractivity contribution in [2.75, 3.05) is 19.8 Å². The van der Waals surface area contributed by atoms with Gasteiger partial charge < -0.3 is 14.8 Å². The molecule has 0 radical (unpaired) electrons. The van der Waals surface area contributed by atoms with Crippen LogP contribution in [0.5, 0.6) is 5.88 Å². The number of hydrogen-bond acceptors (Lipinski definition) is 6. The Balaban J connectivity index is 1.13. The molecule has 3 atom stereocenters. The van der Waals surface area contributed by atoms with E-state index in [2.05, 4.69) is 15.3 Å². The van der Waals surface area contributed by atoms with Gasteiger partial charge in [0.1, 0.15) is 5.54 Å². The van der Waals surface area contributed by atoms with Gasteiger partial charge in [-0.3, -0.25) is 14.7 Å². The maximum atomic E-state index is 13.7. The van der Waals surface area contributed by atoms with E-state index in [1.807, 2.05) is 37.3 Å². The summed E-state index contributed by atoms with van der Waals surface area (Å²) < 4.78 is 53.0. The Morgan fingerprint density at radius 2 is 1.74 bits per heavy atom. The van der Waals surface area contributed by atoms with Crippen molar-refractivity contribution >= 4 is 23.8 Å².